The molecule has 0 saturated carbocycles. The SMILES string of the molecule is Cc1ccc(C(C)C)c(OCC(=O)NCCC(O)(c2nccn2C)C(F)(F)F)c1. The van der Waals surface area contributed by atoms with Crippen LogP contribution in [0.25, 0.3) is 0 Å². The largest absolute Gasteiger partial charge is 0.483 e. The summed E-state index contributed by atoms with van der Waals surface area (Å²) in [6.45, 7) is 5.15. The van der Waals surface area contributed by atoms with E-state index in [1.165, 1.54) is 19.4 Å². The molecule has 160 valence electrons. The molecule has 1 heterocycles. The highest BCUT2D eigenvalue weighted by Gasteiger charge is 2.57. The fourth-order valence-electron chi connectivity index (χ4n) is 2.97. The molecule has 1 atom stereocenters. The quantitative estimate of drug-likeness (QED) is 0.697. The van der Waals surface area contributed by atoms with Gasteiger partial charge in [0.2, 0.25) is 5.60 Å². The number of rotatable bonds is 8. The molecule has 0 saturated heterocycles. The van der Waals surface area contributed by atoms with Crippen molar-refractivity contribution >= 4 is 5.91 Å². The summed E-state index contributed by atoms with van der Waals surface area (Å²) in [5.41, 5.74) is -1.26. The number of hydrogen-bond acceptors (Lipinski definition) is 4. The van der Waals surface area contributed by atoms with Crippen molar-refractivity contribution in [3.63, 3.8) is 0 Å². The molecular formula is C20H26F3N3O3. The van der Waals surface area contributed by atoms with Crippen LogP contribution in [0.15, 0.2) is 30.6 Å². The second-order valence-corrected chi connectivity index (χ2v) is 7.30. The molecule has 0 aliphatic carbocycles. The lowest BCUT2D eigenvalue weighted by Crippen LogP contribution is -2.47. The van der Waals surface area contributed by atoms with Crippen LogP contribution in [-0.2, 0) is 17.4 Å². The maximum Gasteiger partial charge on any atom is 0.424 e. The molecule has 0 fully saturated rings. The lowest BCUT2D eigenvalue weighted by Gasteiger charge is -2.30. The van der Waals surface area contributed by atoms with Gasteiger partial charge in [0.15, 0.2) is 6.61 Å². The Kier molecular flexibility index (Phi) is 6.94. The monoisotopic (exact) mass is 413 g/mol. The molecule has 9 heteroatoms. The van der Waals surface area contributed by atoms with Gasteiger partial charge in [0.05, 0.1) is 0 Å². The second-order valence-electron chi connectivity index (χ2n) is 7.30. The third kappa shape index (κ3) is 5.29. The summed E-state index contributed by atoms with van der Waals surface area (Å²) < 4.78 is 47.0. The fraction of sp³-hybridized carbons (Fsp3) is 0.500. The average Bonchev–Trinajstić information content (AvgIpc) is 3.05. The van der Waals surface area contributed by atoms with E-state index in [4.69, 9.17) is 4.74 Å². The lowest BCUT2D eigenvalue weighted by atomic mass is 9.97. The predicted octanol–water partition coefficient (Wildman–Crippen LogP) is 3.19. The molecule has 1 amide bonds. The average molecular weight is 413 g/mol. The maximum atomic E-state index is 13.5. The Morgan fingerprint density at radius 2 is 2.03 bits per heavy atom. The van der Waals surface area contributed by atoms with Gasteiger partial charge in [0.1, 0.15) is 11.6 Å². The van der Waals surface area contributed by atoms with Gasteiger partial charge in [0, 0.05) is 32.4 Å². The summed E-state index contributed by atoms with van der Waals surface area (Å²) in [6, 6.07) is 5.67. The van der Waals surface area contributed by atoms with E-state index >= 15 is 0 Å². The summed E-state index contributed by atoms with van der Waals surface area (Å²) in [5.74, 6) is -0.356. The normalized spacial score (nSPS) is 14.0. The Hall–Kier alpha value is -2.55. The Labute approximate surface area is 167 Å². The van der Waals surface area contributed by atoms with Crippen LogP contribution in [0.5, 0.6) is 5.75 Å². The maximum absolute atomic E-state index is 13.5. The zero-order valence-electron chi connectivity index (χ0n) is 16.9. The smallest absolute Gasteiger partial charge is 0.424 e. The van der Waals surface area contributed by atoms with E-state index in [2.05, 4.69) is 10.3 Å². The molecule has 29 heavy (non-hydrogen) atoms. The number of nitrogens with zero attached hydrogens (tertiary/aromatic N) is 2. The molecule has 0 radical (unpaired) electrons. The van der Waals surface area contributed by atoms with Crippen LogP contribution in [0.2, 0.25) is 0 Å². The summed E-state index contributed by atoms with van der Waals surface area (Å²) in [5, 5.41) is 12.6. The Bertz CT molecular complexity index is 849. The van der Waals surface area contributed by atoms with E-state index in [0.29, 0.717) is 5.75 Å². The zero-order valence-corrected chi connectivity index (χ0v) is 16.9. The number of halogens is 3. The van der Waals surface area contributed by atoms with Gasteiger partial charge in [-0.1, -0.05) is 26.0 Å². The molecule has 1 unspecified atom stereocenters. The van der Waals surface area contributed by atoms with E-state index in [-0.39, 0.29) is 12.5 Å². The van der Waals surface area contributed by atoms with Crippen molar-refractivity contribution < 1.29 is 27.8 Å². The fourth-order valence-corrected chi connectivity index (χ4v) is 2.97. The van der Waals surface area contributed by atoms with Gasteiger partial charge in [-0.2, -0.15) is 13.2 Å². The van der Waals surface area contributed by atoms with E-state index in [9.17, 15) is 23.1 Å². The van der Waals surface area contributed by atoms with Crippen LogP contribution in [0, 0.1) is 6.92 Å². The minimum Gasteiger partial charge on any atom is -0.483 e. The highest BCUT2D eigenvalue weighted by molar-refractivity contribution is 5.77. The number of alkyl halides is 3. The number of ether oxygens (including phenoxy) is 1. The van der Waals surface area contributed by atoms with Gasteiger partial charge >= 0.3 is 6.18 Å². The van der Waals surface area contributed by atoms with E-state index in [0.717, 1.165) is 15.7 Å². The first kappa shape index (κ1) is 22.7. The molecule has 0 aliphatic heterocycles. The molecular weight excluding hydrogens is 387 g/mol. The number of amides is 1. The number of aromatic nitrogens is 2. The number of aryl methyl sites for hydroxylation is 2. The van der Waals surface area contributed by atoms with Gasteiger partial charge in [-0.3, -0.25) is 4.79 Å². The first-order valence-corrected chi connectivity index (χ1v) is 9.22. The second kappa shape index (κ2) is 8.86. The predicted molar refractivity (Wildman–Crippen MR) is 102 cm³/mol. The third-order valence-corrected chi connectivity index (χ3v) is 4.62. The number of carbonyl (C=O) groups excluding carboxylic acids is 1. The highest BCUT2D eigenvalue weighted by Crippen LogP contribution is 2.40. The number of benzene rings is 1. The summed E-state index contributed by atoms with van der Waals surface area (Å²) in [4.78, 5) is 15.7. The molecule has 2 rings (SSSR count). The standard InChI is InChI=1S/C20H26F3N3O3/c1-13(2)15-6-5-14(3)11-16(15)29-12-17(27)24-8-7-19(28,20(21,22)23)18-25-9-10-26(18)4/h5-6,9-11,13,28H,7-8,12H2,1-4H3,(H,24,27). The number of imidazole rings is 1. The number of carbonyl (C=O) groups is 1. The minimum atomic E-state index is -4.94. The molecule has 2 N–H and O–H groups in total. The van der Waals surface area contributed by atoms with Gasteiger partial charge in [-0.25, -0.2) is 4.98 Å². The molecule has 1 aromatic heterocycles. The zero-order chi connectivity index (χ0) is 21.8. The van der Waals surface area contributed by atoms with Crippen molar-refractivity contribution in [1.29, 1.82) is 0 Å². The van der Waals surface area contributed by atoms with E-state index in [1.807, 2.05) is 39.0 Å². The molecule has 0 aliphatic rings. The number of aliphatic hydroxyl groups is 1. The van der Waals surface area contributed by atoms with Gasteiger partial charge < -0.3 is 19.7 Å². The number of hydrogen-bond donors (Lipinski definition) is 2. The molecule has 2 aromatic rings. The van der Waals surface area contributed by atoms with Crippen molar-refractivity contribution in [3.8, 4) is 5.75 Å². The van der Waals surface area contributed by atoms with Crippen LogP contribution in [0.4, 0.5) is 13.2 Å². The van der Waals surface area contributed by atoms with E-state index < -0.39 is 36.5 Å². The first-order chi connectivity index (χ1) is 13.5. The molecule has 6 nitrogen and oxygen atoms in total. The Morgan fingerprint density at radius 1 is 1.34 bits per heavy atom. The lowest BCUT2D eigenvalue weighted by molar-refractivity contribution is -0.272. The van der Waals surface area contributed by atoms with Crippen LogP contribution in [-0.4, -0.2) is 39.9 Å². The van der Waals surface area contributed by atoms with Crippen molar-refractivity contribution in [1.82, 2.24) is 14.9 Å². The van der Waals surface area contributed by atoms with Crippen molar-refractivity contribution in [2.24, 2.45) is 7.05 Å². The molecule has 0 bridgehead atoms. The molecule has 0 spiro atoms. The van der Waals surface area contributed by atoms with Gasteiger partial charge in [-0.05, 0) is 30.0 Å². The minimum absolute atomic E-state index is 0.188. The van der Waals surface area contributed by atoms with E-state index in [1.54, 1.807) is 0 Å². The van der Waals surface area contributed by atoms with Crippen LogP contribution < -0.4 is 10.1 Å². The van der Waals surface area contributed by atoms with Crippen molar-refractivity contribution in [2.75, 3.05) is 13.2 Å². The van der Waals surface area contributed by atoms with Gasteiger partial charge in [0.25, 0.3) is 5.91 Å². The van der Waals surface area contributed by atoms with Crippen LogP contribution in [0.3, 0.4) is 0 Å². The Morgan fingerprint density at radius 3 is 2.59 bits per heavy atom. The summed E-state index contributed by atoms with van der Waals surface area (Å²) in [7, 11) is 1.36. The topological polar surface area (TPSA) is 76.4 Å². The summed E-state index contributed by atoms with van der Waals surface area (Å²) in [6.07, 6.45) is -3.23. The third-order valence-electron chi connectivity index (χ3n) is 4.62. The number of nitrogens with one attached hydrogen (secondary N) is 1. The van der Waals surface area contributed by atoms with Crippen LogP contribution >= 0.6 is 0 Å². The molecule has 1 aromatic carbocycles. The summed E-state index contributed by atoms with van der Waals surface area (Å²) >= 11 is 0. The highest BCUT2D eigenvalue weighted by atomic mass is 19.4. The Balaban J connectivity index is 1.97. The van der Waals surface area contributed by atoms with Crippen molar-refractivity contribution in [3.05, 3.63) is 47.5 Å². The van der Waals surface area contributed by atoms with Gasteiger partial charge in [-0.15, -0.1) is 0 Å². The van der Waals surface area contributed by atoms with Crippen molar-refractivity contribution in [2.45, 2.75) is 44.9 Å². The van der Waals surface area contributed by atoms with Crippen LogP contribution in [0.1, 0.15) is 43.1 Å². The first-order valence-electron chi connectivity index (χ1n) is 9.22.